The molecular weight excluding hydrogens is 242 g/mol. The van der Waals surface area contributed by atoms with Crippen LogP contribution in [0.15, 0.2) is 30.3 Å². The van der Waals surface area contributed by atoms with Crippen molar-refractivity contribution >= 4 is 11.8 Å². The van der Waals surface area contributed by atoms with E-state index in [-0.39, 0.29) is 18.4 Å². The summed E-state index contributed by atoms with van der Waals surface area (Å²) in [5.41, 5.74) is 0.865. The molecule has 2 rings (SSSR count). The molecule has 0 spiro atoms. The second kappa shape index (κ2) is 6.33. The van der Waals surface area contributed by atoms with Gasteiger partial charge in [-0.05, 0) is 18.4 Å². The molecule has 1 saturated carbocycles. The number of hydrogen-bond acceptors (Lipinski definition) is 3. The van der Waals surface area contributed by atoms with Crippen LogP contribution in [0.3, 0.4) is 0 Å². The van der Waals surface area contributed by atoms with E-state index >= 15 is 0 Å². The summed E-state index contributed by atoms with van der Waals surface area (Å²) in [6.45, 7) is 0.119. The smallest absolute Gasteiger partial charge is 0.241 e. The van der Waals surface area contributed by atoms with E-state index in [1.807, 2.05) is 30.3 Å². The summed E-state index contributed by atoms with van der Waals surface area (Å²) in [5.74, 6) is -0.210. The molecule has 1 atom stereocenters. The molecule has 1 fully saturated rings. The quantitative estimate of drug-likeness (QED) is 0.691. The van der Waals surface area contributed by atoms with Crippen LogP contribution in [-0.2, 0) is 9.59 Å². The molecule has 0 aromatic heterocycles. The molecule has 0 heterocycles. The highest BCUT2D eigenvalue weighted by Crippen LogP contribution is 2.21. The van der Waals surface area contributed by atoms with Gasteiger partial charge in [-0.1, -0.05) is 30.3 Å². The first-order chi connectivity index (χ1) is 9.20. The van der Waals surface area contributed by atoms with Crippen LogP contribution >= 0.6 is 0 Å². The van der Waals surface area contributed by atoms with E-state index in [9.17, 15) is 9.59 Å². The van der Waals surface area contributed by atoms with Crippen molar-refractivity contribution in [3.8, 4) is 0 Å². The van der Waals surface area contributed by atoms with Gasteiger partial charge in [-0.2, -0.15) is 0 Å². The van der Waals surface area contributed by atoms with Crippen LogP contribution in [-0.4, -0.2) is 31.4 Å². The summed E-state index contributed by atoms with van der Waals surface area (Å²) in [6, 6.07) is 9.25. The number of carbonyl (C=O) groups excluding carboxylic acids is 2. The summed E-state index contributed by atoms with van der Waals surface area (Å²) in [5, 5.41) is 8.49. The van der Waals surface area contributed by atoms with E-state index in [0.29, 0.717) is 6.04 Å². The van der Waals surface area contributed by atoms with Crippen molar-refractivity contribution in [2.45, 2.75) is 24.9 Å². The number of amides is 2. The zero-order chi connectivity index (χ0) is 13.7. The molecule has 1 aliphatic carbocycles. The maximum absolute atomic E-state index is 12.2. The van der Waals surface area contributed by atoms with Gasteiger partial charge in [-0.25, -0.2) is 0 Å². The van der Waals surface area contributed by atoms with Crippen molar-refractivity contribution in [3.05, 3.63) is 35.9 Å². The van der Waals surface area contributed by atoms with E-state index in [1.54, 1.807) is 7.05 Å². The lowest BCUT2D eigenvalue weighted by Crippen LogP contribution is -2.42. The summed E-state index contributed by atoms with van der Waals surface area (Å²) < 4.78 is 0. The maximum Gasteiger partial charge on any atom is 0.241 e. The SMILES string of the molecule is CNC(=O)CN[C@H](C(=O)NC1CC1)c1ccccc1. The fourth-order valence-electron chi connectivity index (χ4n) is 1.80. The minimum absolute atomic E-state index is 0.0717. The van der Waals surface area contributed by atoms with Crippen LogP contribution in [0.1, 0.15) is 24.4 Å². The van der Waals surface area contributed by atoms with Gasteiger partial charge in [0.15, 0.2) is 0 Å². The zero-order valence-electron chi connectivity index (χ0n) is 11.0. The van der Waals surface area contributed by atoms with Crippen molar-refractivity contribution in [3.63, 3.8) is 0 Å². The first-order valence-corrected chi connectivity index (χ1v) is 6.50. The Morgan fingerprint density at radius 2 is 1.95 bits per heavy atom. The molecule has 102 valence electrons. The topological polar surface area (TPSA) is 70.2 Å². The van der Waals surface area contributed by atoms with Crippen LogP contribution in [0.5, 0.6) is 0 Å². The second-order valence-electron chi connectivity index (χ2n) is 4.68. The van der Waals surface area contributed by atoms with Gasteiger partial charge >= 0.3 is 0 Å². The first-order valence-electron chi connectivity index (χ1n) is 6.50. The maximum atomic E-state index is 12.2. The monoisotopic (exact) mass is 261 g/mol. The molecule has 5 heteroatoms. The Kier molecular flexibility index (Phi) is 4.52. The predicted octanol–water partition coefficient (Wildman–Crippen LogP) is 0.342. The molecule has 0 bridgehead atoms. The number of rotatable bonds is 6. The lowest BCUT2D eigenvalue weighted by atomic mass is 10.1. The highest BCUT2D eigenvalue weighted by Gasteiger charge is 2.28. The summed E-state index contributed by atoms with van der Waals surface area (Å²) in [4.78, 5) is 23.5. The number of benzene rings is 1. The van der Waals surface area contributed by atoms with Gasteiger partial charge < -0.3 is 10.6 Å². The van der Waals surface area contributed by atoms with Gasteiger partial charge in [0.2, 0.25) is 11.8 Å². The molecule has 5 nitrogen and oxygen atoms in total. The average Bonchev–Trinajstić information content (AvgIpc) is 3.23. The van der Waals surface area contributed by atoms with Crippen LogP contribution in [0, 0.1) is 0 Å². The van der Waals surface area contributed by atoms with Crippen molar-refractivity contribution in [2.75, 3.05) is 13.6 Å². The predicted molar refractivity (Wildman–Crippen MR) is 72.4 cm³/mol. The molecule has 0 radical (unpaired) electrons. The Balaban J connectivity index is 2.03. The Morgan fingerprint density at radius 3 is 2.53 bits per heavy atom. The van der Waals surface area contributed by atoms with Gasteiger partial charge in [0.05, 0.1) is 6.54 Å². The van der Waals surface area contributed by atoms with E-state index < -0.39 is 6.04 Å². The molecular formula is C14H19N3O2. The van der Waals surface area contributed by atoms with Crippen LogP contribution in [0.4, 0.5) is 0 Å². The fourth-order valence-corrected chi connectivity index (χ4v) is 1.80. The Hall–Kier alpha value is -1.88. The first kappa shape index (κ1) is 13.5. The standard InChI is InChI=1S/C14H19N3O2/c1-15-12(18)9-16-13(10-5-3-2-4-6-10)14(19)17-11-7-8-11/h2-6,11,13,16H,7-9H2,1H3,(H,15,18)(H,17,19)/t13-/m0/s1. The Labute approximate surface area is 112 Å². The molecule has 19 heavy (non-hydrogen) atoms. The van der Waals surface area contributed by atoms with Gasteiger partial charge in [0, 0.05) is 13.1 Å². The largest absolute Gasteiger partial charge is 0.358 e. The zero-order valence-corrected chi connectivity index (χ0v) is 11.0. The lowest BCUT2D eigenvalue weighted by Gasteiger charge is -2.18. The Bertz CT molecular complexity index is 443. The van der Waals surface area contributed by atoms with Crippen molar-refractivity contribution in [1.82, 2.24) is 16.0 Å². The van der Waals surface area contributed by atoms with Gasteiger partial charge in [-0.15, -0.1) is 0 Å². The number of nitrogens with one attached hydrogen (secondary N) is 3. The van der Waals surface area contributed by atoms with Gasteiger partial charge in [-0.3, -0.25) is 14.9 Å². The van der Waals surface area contributed by atoms with Gasteiger partial charge in [0.1, 0.15) is 6.04 Å². The summed E-state index contributed by atoms with van der Waals surface area (Å²) >= 11 is 0. The molecule has 0 unspecified atom stereocenters. The third-order valence-electron chi connectivity index (χ3n) is 3.06. The van der Waals surface area contributed by atoms with Crippen molar-refractivity contribution in [2.24, 2.45) is 0 Å². The minimum Gasteiger partial charge on any atom is -0.358 e. The molecule has 1 aromatic carbocycles. The summed E-state index contributed by atoms with van der Waals surface area (Å²) in [6.07, 6.45) is 2.09. The number of carbonyl (C=O) groups is 2. The molecule has 1 aromatic rings. The van der Waals surface area contributed by atoms with E-state index in [0.717, 1.165) is 18.4 Å². The van der Waals surface area contributed by atoms with Crippen LogP contribution in [0.25, 0.3) is 0 Å². The Morgan fingerprint density at radius 1 is 1.26 bits per heavy atom. The molecule has 3 N–H and O–H groups in total. The third-order valence-corrected chi connectivity index (χ3v) is 3.06. The lowest BCUT2D eigenvalue weighted by molar-refractivity contribution is -0.124. The number of hydrogen-bond donors (Lipinski definition) is 3. The van der Waals surface area contributed by atoms with E-state index in [4.69, 9.17) is 0 Å². The van der Waals surface area contributed by atoms with Crippen molar-refractivity contribution < 1.29 is 9.59 Å². The minimum atomic E-state index is -0.487. The van der Waals surface area contributed by atoms with Gasteiger partial charge in [0.25, 0.3) is 0 Å². The van der Waals surface area contributed by atoms with E-state index in [2.05, 4.69) is 16.0 Å². The fraction of sp³-hybridized carbons (Fsp3) is 0.429. The third kappa shape index (κ3) is 4.06. The number of likely N-dealkylation sites (N-methyl/N-ethyl adjacent to an activating group) is 1. The van der Waals surface area contributed by atoms with Crippen LogP contribution < -0.4 is 16.0 Å². The molecule has 0 aliphatic heterocycles. The van der Waals surface area contributed by atoms with Crippen LogP contribution in [0.2, 0.25) is 0 Å². The highest BCUT2D eigenvalue weighted by molar-refractivity contribution is 5.85. The van der Waals surface area contributed by atoms with Crippen molar-refractivity contribution in [1.29, 1.82) is 0 Å². The molecule has 0 saturated heterocycles. The normalized spacial score (nSPS) is 15.6. The highest BCUT2D eigenvalue weighted by atomic mass is 16.2. The second-order valence-corrected chi connectivity index (χ2v) is 4.68. The summed E-state index contributed by atoms with van der Waals surface area (Å²) in [7, 11) is 1.58. The molecule has 2 amide bonds. The molecule has 1 aliphatic rings. The van der Waals surface area contributed by atoms with E-state index in [1.165, 1.54) is 0 Å². The average molecular weight is 261 g/mol.